The first-order chi connectivity index (χ1) is 12.8. The standard InChI is InChI=1S/C20H23N5O/c1-16-6-7-20(23-22-16)26-15-14-24-10-12-25(13-11-24)19-8-9-21-18-5-3-2-4-17(18)19/h2-9H,10-15H2,1H3. The van der Waals surface area contributed by atoms with Gasteiger partial charge >= 0.3 is 0 Å². The van der Waals surface area contributed by atoms with E-state index in [1.807, 2.05) is 31.3 Å². The molecule has 26 heavy (non-hydrogen) atoms. The van der Waals surface area contributed by atoms with Gasteiger partial charge in [-0.1, -0.05) is 18.2 Å². The zero-order chi connectivity index (χ0) is 17.8. The molecule has 0 atom stereocenters. The molecule has 4 rings (SSSR count). The average molecular weight is 349 g/mol. The minimum Gasteiger partial charge on any atom is -0.475 e. The second kappa shape index (κ2) is 7.66. The first kappa shape index (κ1) is 16.7. The Labute approximate surface area is 153 Å². The van der Waals surface area contributed by atoms with Crippen LogP contribution in [-0.4, -0.2) is 59.4 Å². The molecule has 1 saturated heterocycles. The Morgan fingerprint density at radius 3 is 2.62 bits per heavy atom. The van der Waals surface area contributed by atoms with Crippen molar-refractivity contribution in [2.45, 2.75) is 6.92 Å². The van der Waals surface area contributed by atoms with Crippen LogP contribution in [0.25, 0.3) is 10.9 Å². The molecule has 134 valence electrons. The van der Waals surface area contributed by atoms with Crippen molar-refractivity contribution in [3.63, 3.8) is 0 Å². The minimum absolute atomic E-state index is 0.595. The summed E-state index contributed by atoms with van der Waals surface area (Å²) in [6.07, 6.45) is 1.90. The van der Waals surface area contributed by atoms with Crippen LogP contribution < -0.4 is 9.64 Å². The van der Waals surface area contributed by atoms with Crippen LogP contribution in [0.15, 0.2) is 48.7 Å². The number of para-hydroxylation sites is 1. The van der Waals surface area contributed by atoms with Crippen molar-refractivity contribution in [2.75, 3.05) is 44.2 Å². The Bertz CT molecular complexity index is 854. The summed E-state index contributed by atoms with van der Waals surface area (Å²) in [5, 5.41) is 9.28. The number of fused-ring (bicyclic) bond motifs is 1. The second-order valence-electron chi connectivity index (χ2n) is 6.54. The molecule has 2 aromatic heterocycles. The summed E-state index contributed by atoms with van der Waals surface area (Å²) in [5.74, 6) is 0.595. The number of hydrogen-bond acceptors (Lipinski definition) is 6. The van der Waals surface area contributed by atoms with Gasteiger partial charge in [0.15, 0.2) is 0 Å². The van der Waals surface area contributed by atoms with E-state index >= 15 is 0 Å². The van der Waals surface area contributed by atoms with E-state index in [1.165, 1.54) is 11.1 Å². The summed E-state index contributed by atoms with van der Waals surface area (Å²) < 4.78 is 5.70. The van der Waals surface area contributed by atoms with Crippen molar-refractivity contribution in [3.05, 3.63) is 54.4 Å². The summed E-state index contributed by atoms with van der Waals surface area (Å²) >= 11 is 0. The summed E-state index contributed by atoms with van der Waals surface area (Å²) in [6, 6.07) is 14.2. The van der Waals surface area contributed by atoms with Crippen LogP contribution in [0.4, 0.5) is 5.69 Å². The minimum atomic E-state index is 0.595. The van der Waals surface area contributed by atoms with Gasteiger partial charge in [0.05, 0.1) is 11.2 Å². The van der Waals surface area contributed by atoms with Crippen LogP contribution in [-0.2, 0) is 0 Å². The number of pyridine rings is 1. The summed E-state index contributed by atoms with van der Waals surface area (Å²) in [7, 11) is 0. The van der Waals surface area contributed by atoms with Gasteiger partial charge in [0, 0.05) is 56.1 Å². The van der Waals surface area contributed by atoms with E-state index in [0.29, 0.717) is 12.5 Å². The molecule has 0 amide bonds. The van der Waals surface area contributed by atoms with E-state index in [4.69, 9.17) is 4.74 Å². The number of aromatic nitrogens is 3. The molecule has 0 N–H and O–H groups in total. The van der Waals surface area contributed by atoms with Crippen LogP contribution >= 0.6 is 0 Å². The van der Waals surface area contributed by atoms with Gasteiger partial charge in [-0.2, -0.15) is 5.10 Å². The normalized spacial score (nSPS) is 15.3. The van der Waals surface area contributed by atoms with E-state index in [9.17, 15) is 0 Å². The average Bonchev–Trinajstić information content (AvgIpc) is 2.70. The van der Waals surface area contributed by atoms with Crippen LogP contribution in [0.2, 0.25) is 0 Å². The van der Waals surface area contributed by atoms with E-state index in [-0.39, 0.29) is 0 Å². The lowest BCUT2D eigenvalue weighted by Gasteiger charge is -2.36. The number of nitrogens with zero attached hydrogens (tertiary/aromatic N) is 5. The van der Waals surface area contributed by atoms with Gasteiger partial charge in [0.1, 0.15) is 6.61 Å². The number of hydrogen-bond donors (Lipinski definition) is 0. The molecule has 0 spiro atoms. The van der Waals surface area contributed by atoms with Crippen LogP contribution in [0.3, 0.4) is 0 Å². The number of aryl methyl sites for hydroxylation is 1. The predicted molar refractivity (Wildman–Crippen MR) is 103 cm³/mol. The third kappa shape index (κ3) is 3.75. The highest BCUT2D eigenvalue weighted by Crippen LogP contribution is 2.25. The molecular formula is C20H23N5O. The first-order valence-corrected chi connectivity index (χ1v) is 9.04. The van der Waals surface area contributed by atoms with E-state index in [0.717, 1.165) is 43.9 Å². The summed E-state index contributed by atoms with van der Waals surface area (Å²) in [4.78, 5) is 9.34. The molecule has 6 nitrogen and oxygen atoms in total. The van der Waals surface area contributed by atoms with Gasteiger partial charge in [0.2, 0.25) is 5.88 Å². The highest BCUT2D eigenvalue weighted by Gasteiger charge is 2.18. The third-order valence-corrected chi connectivity index (χ3v) is 4.77. The fourth-order valence-electron chi connectivity index (χ4n) is 3.31. The van der Waals surface area contributed by atoms with Crippen molar-refractivity contribution in [3.8, 4) is 5.88 Å². The smallest absolute Gasteiger partial charge is 0.233 e. The number of anilines is 1. The monoisotopic (exact) mass is 349 g/mol. The molecule has 3 heterocycles. The van der Waals surface area contributed by atoms with Crippen molar-refractivity contribution in [2.24, 2.45) is 0 Å². The molecule has 1 aromatic carbocycles. The zero-order valence-electron chi connectivity index (χ0n) is 15.0. The number of benzene rings is 1. The first-order valence-electron chi connectivity index (χ1n) is 9.04. The van der Waals surface area contributed by atoms with Gasteiger partial charge in [-0.25, -0.2) is 0 Å². The maximum absolute atomic E-state index is 5.70. The van der Waals surface area contributed by atoms with Gasteiger partial charge in [-0.15, -0.1) is 5.10 Å². The highest BCUT2D eigenvalue weighted by molar-refractivity contribution is 5.91. The predicted octanol–water partition coefficient (Wildman–Crippen LogP) is 2.53. The van der Waals surface area contributed by atoms with Gasteiger partial charge in [-0.3, -0.25) is 9.88 Å². The van der Waals surface area contributed by atoms with Crippen molar-refractivity contribution >= 4 is 16.6 Å². The van der Waals surface area contributed by atoms with Crippen molar-refractivity contribution in [1.82, 2.24) is 20.1 Å². The second-order valence-corrected chi connectivity index (χ2v) is 6.54. The number of rotatable bonds is 5. The maximum atomic E-state index is 5.70. The van der Waals surface area contributed by atoms with E-state index in [2.05, 4.69) is 49.2 Å². The van der Waals surface area contributed by atoms with Crippen molar-refractivity contribution in [1.29, 1.82) is 0 Å². The van der Waals surface area contributed by atoms with Gasteiger partial charge in [-0.05, 0) is 25.1 Å². The largest absolute Gasteiger partial charge is 0.475 e. The fraction of sp³-hybridized carbons (Fsp3) is 0.350. The molecular weight excluding hydrogens is 326 g/mol. The lowest BCUT2D eigenvalue weighted by molar-refractivity contribution is 0.196. The molecule has 3 aromatic rings. The zero-order valence-corrected chi connectivity index (χ0v) is 15.0. The Kier molecular flexibility index (Phi) is 4.93. The van der Waals surface area contributed by atoms with E-state index < -0.39 is 0 Å². The molecule has 1 fully saturated rings. The van der Waals surface area contributed by atoms with Crippen LogP contribution in [0.1, 0.15) is 5.69 Å². The fourth-order valence-corrected chi connectivity index (χ4v) is 3.31. The molecule has 0 bridgehead atoms. The van der Waals surface area contributed by atoms with Gasteiger partial charge < -0.3 is 9.64 Å². The van der Waals surface area contributed by atoms with Crippen molar-refractivity contribution < 1.29 is 4.74 Å². The summed E-state index contributed by atoms with van der Waals surface area (Å²) in [5.41, 5.74) is 3.23. The van der Waals surface area contributed by atoms with Crippen LogP contribution in [0.5, 0.6) is 5.88 Å². The topological polar surface area (TPSA) is 54.4 Å². The Balaban J connectivity index is 1.30. The lowest BCUT2D eigenvalue weighted by Crippen LogP contribution is -2.47. The third-order valence-electron chi connectivity index (χ3n) is 4.77. The summed E-state index contributed by atoms with van der Waals surface area (Å²) in [6.45, 7) is 7.54. The number of piperazine rings is 1. The molecule has 1 aliphatic heterocycles. The lowest BCUT2D eigenvalue weighted by atomic mass is 10.1. The Morgan fingerprint density at radius 1 is 0.962 bits per heavy atom. The molecule has 0 aliphatic carbocycles. The molecule has 0 radical (unpaired) electrons. The number of ether oxygens (including phenoxy) is 1. The van der Waals surface area contributed by atoms with Gasteiger partial charge in [0.25, 0.3) is 0 Å². The Morgan fingerprint density at radius 2 is 1.81 bits per heavy atom. The SMILES string of the molecule is Cc1ccc(OCCN2CCN(c3ccnc4ccccc34)CC2)nn1. The molecule has 0 unspecified atom stereocenters. The van der Waals surface area contributed by atoms with E-state index in [1.54, 1.807) is 0 Å². The van der Waals surface area contributed by atoms with Crippen LogP contribution in [0, 0.1) is 6.92 Å². The molecule has 1 aliphatic rings. The highest BCUT2D eigenvalue weighted by atomic mass is 16.5. The molecule has 0 saturated carbocycles. The quantitative estimate of drug-likeness (QED) is 0.706. The Hall–Kier alpha value is -2.73. The maximum Gasteiger partial charge on any atom is 0.233 e. The molecule has 6 heteroatoms.